The van der Waals surface area contributed by atoms with Crippen LogP contribution in [0.15, 0.2) is 6.20 Å². The van der Waals surface area contributed by atoms with Crippen LogP contribution in [0, 0.1) is 0 Å². The van der Waals surface area contributed by atoms with E-state index in [1.165, 1.54) is 0 Å². The van der Waals surface area contributed by atoms with Gasteiger partial charge in [0, 0.05) is 5.56 Å². The molecule has 0 atom stereocenters. The summed E-state index contributed by atoms with van der Waals surface area (Å²) in [6, 6.07) is 0. The third-order valence-electron chi connectivity index (χ3n) is 2.19. The zero-order valence-electron chi connectivity index (χ0n) is 9.85. The van der Waals surface area contributed by atoms with E-state index in [-0.39, 0.29) is 0 Å². The highest BCUT2D eigenvalue weighted by atomic mass is 35.5. The van der Waals surface area contributed by atoms with E-state index in [0.717, 1.165) is 0 Å². The van der Waals surface area contributed by atoms with Gasteiger partial charge in [0.15, 0.2) is 5.75 Å². The maximum Gasteiger partial charge on any atom is 0.573 e. The molecule has 21 heavy (non-hydrogen) atoms. The first-order valence-corrected chi connectivity index (χ1v) is 5.60. The normalized spacial score (nSPS) is 12.3. The van der Waals surface area contributed by atoms with E-state index in [2.05, 4.69) is 9.72 Å². The van der Waals surface area contributed by atoms with Crippen molar-refractivity contribution < 1.29 is 41.0 Å². The molecule has 11 heteroatoms. The Morgan fingerprint density at radius 1 is 1.29 bits per heavy atom. The van der Waals surface area contributed by atoms with Crippen LogP contribution in [-0.2, 0) is 23.3 Å². The number of rotatable bonds is 4. The first kappa shape index (κ1) is 17.3. The van der Waals surface area contributed by atoms with Gasteiger partial charge in [0.05, 0.1) is 29.8 Å². The number of hydrogen-bond acceptors (Lipinski definition) is 3. The van der Waals surface area contributed by atoms with Gasteiger partial charge in [-0.2, -0.15) is 13.2 Å². The Kier molecular flexibility index (Phi) is 4.92. The van der Waals surface area contributed by atoms with Gasteiger partial charge in [-0.3, -0.25) is 9.78 Å². The van der Waals surface area contributed by atoms with Gasteiger partial charge in [0.1, 0.15) is 0 Å². The minimum Gasteiger partial charge on any atom is -0.481 e. The highest BCUT2D eigenvalue weighted by Gasteiger charge is 2.41. The Morgan fingerprint density at radius 3 is 2.24 bits per heavy atom. The third-order valence-corrected chi connectivity index (χ3v) is 2.44. The van der Waals surface area contributed by atoms with E-state index < -0.39 is 53.4 Å². The molecule has 0 saturated carbocycles. The van der Waals surface area contributed by atoms with E-state index in [1.807, 2.05) is 0 Å². The molecule has 4 nitrogen and oxygen atoms in total. The van der Waals surface area contributed by atoms with E-state index in [1.54, 1.807) is 0 Å². The van der Waals surface area contributed by atoms with Gasteiger partial charge in [-0.1, -0.05) is 0 Å². The fraction of sp³-hybridized carbons (Fsp3) is 0.400. The predicted molar refractivity (Wildman–Crippen MR) is 56.8 cm³/mol. The molecule has 1 N–H and O–H groups in total. The molecule has 0 aliphatic carbocycles. The van der Waals surface area contributed by atoms with Crippen molar-refractivity contribution in [2.45, 2.75) is 24.8 Å². The van der Waals surface area contributed by atoms with Gasteiger partial charge in [0.2, 0.25) is 0 Å². The first-order chi connectivity index (χ1) is 9.45. The fourth-order valence-electron chi connectivity index (χ4n) is 1.55. The van der Waals surface area contributed by atoms with Crippen LogP contribution in [0.3, 0.4) is 0 Å². The van der Waals surface area contributed by atoms with Crippen molar-refractivity contribution in [2.75, 3.05) is 0 Å². The molecular formula is C10H6ClF6NO3. The van der Waals surface area contributed by atoms with E-state index in [0.29, 0.717) is 6.20 Å². The molecule has 1 aromatic rings. The number of carboxylic acids is 1. The Morgan fingerprint density at radius 2 is 1.86 bits per heavy atom. The summed E-state index contributed by atoms with van der Waals surface area (Å²) in [7, 11) is 0. The first-order valence-electron chi connectivity index (χ1n) is 5.07. The smallest absolute Gasteiger partial charge is 0.481 e. The van der Waals surface area contributed by atoms with Crippen LogP contribution in [0.5, 0.6) is 5.75 Å². The summed E-state index contributed by atoms with van der Waals surface area (Å²) in [5.74, 6) is -3.85. The summed E-state index contributed by atoms with van der Waals surface area (Å²) in [5.41, 5.74) is -3.60. The van der Waals surface area contributed by atoms with Crippen molar-refractivity contribution in [2.24, 2.45) is 0 Å². The maximum atomic E-state index is 12.9. The quantitative estimate of drug-likeness (QED) is 0.676. The van der Waals surface area contributed by atoms with Gasteiger partial charge in [0.25, 0.3) is 0 Å². The lowest BCUT2D eigenvalue weighted by Gasteiger charge is -2.19. The summed E-state index contributed by atoms with van der Waals surface area (Å²) < 4.78 is 78.7. The summed E-state index contributed by atoms with van der Waals surface area (Å²) in [6.07, 6.45) is -11.4. The van der Waals surface area contributed by atoms with Gasteiger partial charge >= 0.3 is 18.5 Å². The van der Waals surface area contributed by atoms with Crippen molar-refractivity contribution in [1.29, 1.82) is 0 Å². The zero-order chi connectivity index (χ0) is 16.4. The highest BCUT2D eigenvalue weighted by Crippen LogP contribution is 2.39. The standard InChI is InChI=1S/C10H6ClF6NO3/c11-2-5-8(9(12,13)14)4(1-7(19)20)6(3-18-5)21-10(15,16)17/h3H,1-2H2,(H,19,20). The Labute approximate surface area is 118 Å². The molecule has 0 aliphatic heterocycles. The fourth-order valence-corrected chi connectivity index (χ4v) is 1.75. The van der Waals surface area contributed by atoms with Crippen molar-refractivity contribution in [3.05, 3.63) is 23.0 Å². The van der Waals surface area contributed by atoms with Crippen molar-refractivity contribution in [1.82, 2.24) is 4.98 Å². The Hall–Kier alpha value is -1.71. The molecule has 0 unspecified atom stereocenters. The molecule has 0 amide bonds. The van der Waals surface area contributed by atoms with Gasteiger partial charge in [-0.05, 0) is 0 Å². The van der Waals surface area contributed by atoms with Crippen LogP contribution in [0.1, 0.15) is 16.8 Å². The second-order valence-electron chi connectivity index (χ2n) is 3.67. The summed E-state index contributed by atoms with van der Waals surface area (Å²) in [4.78, 5) is 13.8. The van der Waals surface area contributed by atoms with Gasteiger partial charge in [-0.25, -0.2) is 0 Å². The number of halogens is 7. The molecule has 0 fully saturated rings. The van der Waals surface area contributed by atoms with Crippen LogP contribution in [0.2, 0.25) is 0 Å². The van der Waals surface area contributed by atoms with Crippen molar-refractivity contribution in [3.63, 3.8) is 0 Å². The largest absolute Gasteiger partial charge is 0.573 e. The van der Waals surface area contributed by atoms with Gasteiger partial charge < -0.3 is 9.84 Å². The van der Waals surface area contributed by atoms with Crippen LogP contribution >= 0.6 is 11.6 Å². The average Bonchev–Trinajstić information content (AvgIpc) is 2.26. The number of alkyl halides is 7. The SMILES string of the molecule is O=C(O)Cc1c(OC(F)(F)F)cnc(CCl)c1C(F)(F)F. The molecule has 1 heterocycles. The van der Waals surface area contributed by atoms with E-state index >= 15 is 0 Å². The Bertz CT molecular complexity index is 543. The highest BCUT2D eigenvalue weighted by molar-refractivity contribution is 6.17. The molecule has 0 spiro atoms. The maximum absolute atomic E-state index is 12.9. The second-order valence-corrected chi connectivity index (χ2v) is 3.94. The molecular weight excluding hydrogens is 332 g/mol. The molecule has 0 bridgehead atoms. The lowest BCUT2D eigenvalue weighted by atomic mass is 10.0. The molecule has 118 valence electrons. The number of aliphatic carboxylic acids is 1. The average molecular weight is 338 g/mol. The molecule has 1 aromatic heterocycles. The van der Waals surface area contributed by atoms with Crippen LogP contribution in [0.4, 0.5) is 26.3 Å². The van der Waals surface area contributed by atoms with Crippen LogP contribution < -0.4 is 4.74 Å². The predicted octanol–water partition coefficient (Wildman–Crippen LogP) is 3.36. The van der Waals surface area contributed by atoms with Crippen LogP contribution in [-0.4, -0.2) is 22.4 Å². The number of carbonyl (C=O) groups is 1. The number of ether oxygens (including phenoxy) is 1. The third kappa shape index (κ3) is 4.66. The zero-order valence-corrected chi connectivity index (χ0v) is 10.6. The number of carboxylic acid groups (broad SMARTS) is 1. The number of aromatic nitrogens is 1. The molecule has 0 aromatic carbocycles. The number of nitrogens with zero attached hydrogens (tertiary/aromatic N) is 1. The minimum atomic E-state index is -5.29. The van der Waals surface area contributed by atoms with Crippen LogP contribution in [0.25, 0.3) is 0 Å². The summed E-state index contributed by atoms with van der Waals surface area (Å²) in [5, 5.41) is 8.59. The molecule has 1 rings (SSSR count). The van der Waals surface area contributed by atoms with Crippen molar-refractivity contribution >= 4 is 17.6 Å². The Balaban J connectivity index is 3.56. The summed E-state index contributed by atoms with van der Waals surface area (Å²) in [6.45, 7) is 0. The molecule has 0 aliphatic rings. The lowest BCUT2D eigenvalue weighted by molar-refractivity contribution is -0.275. The second kappa shape index (κ2) is 5.96. The van der Waals surface area contributed by atoms with E-state index in [9.17, 15) is 31.1 Å². The molecule has 0 saturated heterocycles. The molecule has 0 radical (unpaired) electrons. The van der Waals surface area contributed by atoms with Gasteiger partial charge in [-0.15, -0.1) is 24.8 Å². The van der Waals surface area contributed by atoms with Crippen molar-refractivity contribution in [3.8, 4) is 5.75 Å². The minimum absolute atomic E-state index is 0.360. The topological polar surface area (TPSA) is 59.4 Å². The number of hydrogen-bond donors (Lipinski definition) is 1. The number of pyridine rings is 1. The van der Waals surface area contributed by atoms with E-state index in [4.69, 9.17) is 16.7 Å². The summed E-state index contributed by atoms with van der Waals surface area (Å²) >= 11 is 5.26. The lowest BCUT2D eigenvalue weighted by Crippen LogP contribution is -2.22. The monoisotopic (exact) mass is 337 g/mol.